The van der Waals surface area contributed by atoms with Crippen LogP contribution in [0.5, 0.6) is 0 Å². The molecule has 0 atom stereocenters. The van der Waals surface area contributed by atoms with Crippen LogP contribution in [-0.4, -0.2) is 26.4 Å². The molecule has 1 heterocycles. The minimum atomic E-state index is -0.741. The molecule has 3 rings (SSSR count). The van der Waals surface area contributed by atoms with Gasteiger partial charge in [0.2, 0.25) is 5.91 Å². The fraction of sp³-hybridized carbons (Fsp3) is 0.211. The van der Waals surface area contributed by atoms with E-state index in [-0.39, 0.29) is 17.3 Å². The van der Waals surface area contributed by atoms with E-state index in [1.54, 1.807) is 0 Å². The molecule has 2 aromatic carbocycles. The van der Waals surface area contributed by atoms with Crippen molar-refractivity contribution in [2.45, 2.75) is 25.0 Å². The predicted molar refractivity (Wildman–Crippen MR) is 101 cm³/mol. The largest absolute Gasteiger partial charge is 0.325 e. The summed E-state index contributed by atoms with van der Waals surface area (Å²) in [6, 6.07) is 12.8. The Morgan fingerprint density at radius 3 is 2.48 bits per heavy atom. The standard InChI is InChI=1S/C19H18F2N4OS/c1-2-25-17(8-13-6-4-3-5-7-13)23-24-19(25)27-12-18(26)22-16-10-14(20)9-15(21)11-16/h3-7,9-11H,2,8,12H2,1H3,(H,22,26). The van der Waals surface area contributed by atoms with Gasteiger partial charge in [0, 0.05) is 24.7 Å². The Hall–Kier alpha value is -2.74. The van der Waals surface area contributed by atoms with Crippen LogP contribution < -0.4 is 5.32 Å². The van der Waals surface area contributed by atoms with Crippen LogP contribution in [0.2, 0.25) is 0 Å². The highest BCUT2D eigenvalue weighted by Gasteiger charge is 2.14. The first-order valence-electron chi connectivity index (χ1n) is 8.40. The average Bonchev–Trinajstić information content (AvgIpc) is 3.01. The lowest BCUT2D eigenvalue weighted by molar-refractivity contribution is -0.113. The molecule has 5 nitrogen and oxygen atoms in total. The van der Waals surface area contributed by atoms with Crippen LogP contribution in [0.1, 0.15) is 18.3 Å². The summed E-state index contributed by atoms with van der Waals surface area (Å²) in [5.74, 6) is -0.982. The first-order valence-corrected chi connectivity index (χ1v) is 9.38. The molecule has 0 saturated carbocycles. The Kier molecular flexibility index (Phi) is 6.18. The third-order valence-electron chi connectivity index (χ3n) is 3.79. The number of hydrogen-bond donors (Lipinski definition) is 1. The van der Waals surface area contributed by atoms with Crippen LogP contribution in [0.25, 0.3) is 0 Å². The smallest absolute Gasteiger partial charge is 0.234 e. The van der Waals surface area contributed by atoms with E-state index in [2.05, 4.69) is 15.5 Å². The highest BCUT2D eigenvalue weighted by atomic mass is 32.2. The minimum absolute atomic E-state index is 0.0571. The van der Waals surface area contributed by atoms with Gasteiger partial charge in [0.25, 0.3) is 0 Å². The van der Waals surface area contributed by atoms with Crippen LogP contribution >= 0.6 is 11.8 Å². The van der Waals surface area contributed by atoms with E-state index in [0.717, 1.165) is 29.6 Å². The number of thioether (sulfide) groups is 1. The maximum absolute atomic E-state index is 13.2. The molecule has 0 aliphatic rings. The minimum Gasteiger partial charge on any atom is -0.325 e. The van der Waals surface area contributed by atoms with E-state index in [4.69, 9.17) is 0 Å². The van der Waals surface area contributed by atoms with Gasteiger partial charge in [-0.2, -0.15) is 0 Å². The Morgan fingerprint density at radius 2 is 1.81 bits per heavy atom. The van der Waals surface area contributed by atoms with E-state index < -0.39 is 11.6 Å². The summed E-state index contributed by atoms with van der Waals surface area (Å²) in [6.45, 7) is 2.66. The molecule has 1 aromatic heterocycles. The number of aromatic nitrogens is 3. The molecule has 0 aliphatic carbocycles. The number of anilines is 1. The summed E-state index contributed by atoms with van der Waals surface area (Å²) in [7, 11) is 0. The van der Waals surface area contributed by atoms with Gasteiger partial charge in [-0.1, -0.05) is 42.1 Å². The zero-order chi connectivity index (χ0) is 19.2. The first-order chi connectivity index (χ1) is 13.0. The molecule has 1 N–H and O–H groups in total. The molecular weight excluding hydrogens is 370 g/mol. The van der Waals surface area contributed by atoms with Crippen molar-refractivity contribution in [1.82, 2.24) is 14.8 Å². The average molecular weight is 388 g/mol. The fourth-order valence-electron chi connectivity index (χ4n) is 2.61. The molecule has 27 heavy (non-hydrogen) atoms. The summed E-state index contributed by atoms with van der Waals surface area (Å²) >= 11 is 1.23. The van der Waals surface area contributed by atoms with Crippen molar-refractivity contribution >= 4 is 23.4 Å². The molecular formula is C19H18F2N4OS. The Labute approximate surface area is 159 Å². The molecule has 8 heteroatoms. The maximum Gasteiger partial charge on any atom is 0.234 e. The number of nitrogens with zero attached hydrogens (tertiary/aromatic N) is 3. The maximum atomic E-state index is 13.2. The monoisotopic (exact) mass is 388 g/mol. The second kappa shape index (κ2) is 8.77. The fourth-order valence-corrected chi connectivity index (χ4v) is 3.43. The summed E-state index contributed by atoms with van der Waals surface area (Å²) in [6.07, 6.45) is 0.650. The number of halogens is 2. The van der Waals surface area contributed by atoms with Crippen molar-refractivity contribution in [1.29, 1.82) is 0 Å². The summed E-state index contributed by atoms with van der Waals surface area (Å²) in [4.78, 5) is 12.1. The van der Waals surface area contributed by atoms with E-state index in [1.807, 2.05) is 41.8 Å². The highest BCUT2D eigenvalue weighted by Crippen LogP contribution is 2.20. The van der Waals surface area contributed by atoms with Gasteiger partial charge >= 0.3 is 0 Å². The number of nitrogens with one attached hydrogen (secondary N) is 1. The molecule has 0 fully saturated rings. The lowest BCUT2D eigenvalue weighted by Crippen LogP contribution is -2.15. The van der Waals surface area contributed by atoms with Gasteiger partial charge in [-0.25, -0.2) is 8.78 Å². The Bertz CT molecular complexity index is 910. The van der Waals surface area contributed by atoms with Crippen LogP contribution in [-0.2, 0) is 17.8 Å². The second-order valence-electron chi connectivity index (χ2n) is 5.80. The molecule has 0 radical (unpaired) electrons. The van der Waals surface area contributed by atoms with Crippen molar-refractivity contribution in [2.75, 3.05) is 11.1 Å². The predicted octanol–water partition coefficient (Wildman–Crippen LogP) is 3.90. The third kappa shape index (κ3) is 5.13. The number of carbonyl (C=O) groups excluding carboxylic acids is 1. The van der Waals surface area contributed by atoms with Gasteiger partial charge in [0.1, 0.15) is 17.5 Å². The lowest BCUT2D eigenvalue weighted by atomic mass is 10.1. The van der Waals surface area contributed by atoms with Crippen LogP contribution in [0, 0.1) is 11.6 Å². The first kappa shape index (κ1) is 19.0. The molecule has 0 aliphatic heterocycles. The molecule has 0 unspecified atom stereocenters. The van der Waals surface area contributed by atoms with Gasteiger partial charge in [-0.3, -0.25) is 4.79 Å². The van der Waals surface area contributed by atoms with Crippen molar-refractivity contribution < 1.29 is 13.6 Å². The van der Waals surface area contributed by atoms with Crippen molar-refractivity contribution in [3.8, 4) is 0 Å². The molecule has 1 amide bonds. The van der Waals surface area contributed by atoms with E-state index in [1.165, 1.54) is 11.8 Å². The highest BCUT2D eigenvalue weighted by molar-refractivity contribution is 7.99. The van der Waals surface area contributed by atoms with Crippen LogP contribution in [0.15, 0.2) is 53.7 Å². The van der Waals surface area contributed by atoms with Crippen LogP contribution in [0.4, 0.5) is 14.5 Å². The number of carbonyl (C=O) groups is 1. The van der Waals surface area contributed by atoms with Gasteiger partial charge in [-0.15, -0.1) is 10.2 Å². The van der Waals surface area contributed by atoms with Gasteiger partial charge in [0.15, 0.2) is 5.16 Å². The van der Waals surface area contributed by atoms with E-state index in [0.29, 0.717) is 18.1 Å². The van der Waals surface area contributed by atoms with Gasteiger partial charge in [0.05, 0.1) is 5.75 Å². The van der Waals surface area contributed by atoms with Crippen LogP contribution in [0.3, 0.4) is 0 Å². The molecule has 0 saturated heterocycles. The summed E-state index contributed by atoms with van der Waals surface area (Å²) in [5.41, 5.74) is 1.21. The van der Waals surface area contributed by atoms with E-state index in [9.17, 15) is 13.6 Å². The topological polar surface area (TPSA) is 59.8 Å². The quantitative estimate of drug-likeness (QED) is 0.624. The normalized spacial score (nSPS) is 10.8. The second-order valence-corrected chi connectivity index (χ2v) is 6.74. The molecule has 140 valence electrons. The number of benzene rings is 2. The van der Waals surface area contributed by atoms with Crippen molar-refractivity contribution in [3.63, 3.8) is 0 Å². The zero-order valence-corrected chi connectivity index (χ0v) is 15.5. The SMILES string of the molecule is CCn1c(Cc2ccccc2)nnc1SCC(=O)Nc1cc(F)cc(F)c1. The van der Waals surface area contributed by atoms with Gasteiger partial charge in [-0.05, 0) is 24.6 Å². The Morgan fingerprint density at radius 1 is 1.11 bits per heavy atom. The van der Waals surface area contributed by atoms with Crippen molar-refractivity contribution in [2.24, 2.45) is 0 Å². The Balaban J connectivity index is 1.63. The lowest BCUT2D eigenvalue weighted by Gasteiger charge is -2.08. The summed E-state index contributed by atoms with van der Waals surface area (Å²) < 4.78 is 28.3. The number of rotatable bonds is 7. The molecule has 0 bridgehead atoms. The van der Waals surface area contributed by atoms with Gasteiger partial charge < -0.3 is 9.88 Å². The molecule has 3 aromatic rings. The third-order valence-corrected chi connectivity index (χ3v) is 4.76. The molecule has 0 spiro atoms. The number of amides is 1. The summed E-state index contributed by atoms with van der Waals surface area (Å²) in [5, 5.41) is 11.5. The number of hydrogen-bond acceptors (Lipinski definition) is 4. The van der Waals surface area contributed by atoms with Crippen molar-refractivity contribution in [3.05, 3.63) is 71.6 Å². The van der Waals surface area contributed by atoms with E-state index >= 15 is 0 Å². The zero-order valence-electron chi connectivity index (χ0n) is 14.7.